The number of rotatable bonds is 3. The van der Waals surface area contributed by atoms with Crippen LogP contribution >= 0.6 is 15.9 Å². The average molecular weight is 313 g/mol. The van der Waals surface area contributed by atoms with E-state index in [2.05, 4.69) is 15.9 Å². The van der Waals surface area contributed by atoms with E-state index in [1.165, 1.54) is 11.1 Å². The first-order valence-electron chi connectivity index (χ1n) is 6.08. The van der Waals surface area contributed by atoms with Crippen molar-refractivity contribution in [3.63, 3.8) is 0 Å². The van der Waals surface area contributed by atoms with Gasteiger partial charge in [-0.1, -0.05) is 6.07 Å². The van der Waals surface area contributed by atoms with Gasteiger partial charge in [-0.25, -0.2) is 0 Å². The van der Waals surface area contributed by atoms with Crippen molar-refractivity contribution >= 4 is 21.9 Å². The van der Waals surface area contributed by atoms with Crippen LogP contribution in [0.4, 0.5) is 0 Å². The topological polar surface area (TPSA) is 57.5 Å². The number of fused-ring (bicyclic) bond motifs is 1. The zero-order valence-corrected chi connectivity index (χ0v) is 12.2. The summed E-state index contributed by atoms with van der Waals surface area (Å²) >= 11 is 3.43. The van der Waals surface area contributed by atoms with Crippen molar-refractivity contribution in [1.29, 1.82) is 0 Å². The van der Waals surface area contributed by atoms with Crippen LogP contribution in [0.3, 0.4) is 0 Å². The van der Waals surface area contributed by atoms with Gasteiger partial charge in [-0.2, -0.15) is 0 Å². The third-order valence-corrected chi connectivity index (χ3v) is 4.45. The van der Waals surface area contributed by atoms with Gasteiger partial charge >= 0.3 is 5.97 Å². The van der Waals surface area contributed by atoms with E-state index < -0.39 is 11.4 Å². The lowest BCUT2D eigenvalue weighted by molar-refractivity contribution is -0.146. The third-order valence-electron chi connectivity index (χ3n) is 3.60. The number of aryl methyl sites for hydroxylation is 1. The molecule has 0 bridgehead atoms. The van der Waals surface area contributed by atoms with Gasteiger partial charge in [0.2, 0.25) is 0 Å². The Labute approximate surface area is 115 Å². The van der Waals surface area contributed by atoms with Crippen molar-refractivity contribution in [2.24, 2.45) is 5.41 Å². The van der Waals surface area contributed by atoms with Crippen LogP contribution in [0, 0.1) is 5.41 Å². The summed E-state index contributed by atoms with van der Waals surface area (Å²) in [5.41, 5.74) is 2.25. The normalized spacial score (nSPS) is 14.6. The summed E-state index contributed by atoms with van der Waals surface area (Å²) in [6.45, 7) is 3.35. The Kier molecular flexibility index (Phi) is 3.41. The van der Waals surface area contributed by atoms with E-state index in [0.717, 1.165) is 29.3 Å². The summed E-state index contributed by atoms with van der Waals surface area (Å²) in [6.07, 6.45) is 3.42. The highest BCUT2D eigenvalue weighted by molar-refractivity contribution is 9.10. The second-order valence-corrected chi connectivity index (χ2v) is 6.35. The fourth-order valence-electron chi connectivity index (χ4n) is 2.43. The minimum absolute atomic E-state index is 0.199. The van der Waals surface area contributed by atoms with E-state index in [-0.39, 0.29) is 5.75 Å². The molecule has 0 saturated heterocycles. The summed E-state index contributed by atoms with van der Waals surface area (Å²) in [5, 5.41) is 19.3. The number of phenols is 1. The Morgan fingerprint density at radius 3 is 2.72 bits per heavy atom. The van der Waals surface area contributed by atoms with E-state index in [9.17, 15) is 9.90 Å². The van der Waals surface area contributed by atoms with E-state index >= 15 is 0 Å². The smallest absolute Gasteiger partial charge is 0.309 e. The van der Waals surface area contributed by atoms with Crippen LogP contribution < -0.4 is 0 Å². The quantitative estimate of drug-likeness (QED) is 0.900. The standard InChI is InChI=1S/C14H17BrO3/c1-14(2,13(17)18)7-9-6-8-4-3-5-10(8)11(15)12(9)16/h6,16H,3-5,7H2,1-2H3,(H,17,18). The molecule has 4 heteroatoms. The van der Waals surface area contributed by atoms with Gasteiger partial charge in [-0.05, 0) is 72.2 Å². The van der Waals surface area contributed by atoms with Gasteiger partial charge in [-0.15, -0.1) is 0 Å². The molecule has 1 aromatic rings. The van der Waals surface area contributed by atoms with Crippen LogP contribution in [-0.2, 0) is 24.1 Å². The van der Waals surface area contributed by atoms with E-state index in [1.54, 1.807) is 13.8 Å². The zero-order valence-electron chi connectivity index (χ0n) is 10.6. The highest BCUT2D eigenvalue weighted by atomic mass is 79.9. The summed E-state index contributed by atoms with van der Waals surface area (Å²) < 4.78 is 0.744. The lowest BCUT2D eigenvalue weighted by Gasteiger charge is -2.21. The predicted molar refractivity (Wildman–Crippen MR) is 73.0 cm³/mol. The number of hydrogen-bond donors (Lipinski definition) is 2. The molecule has 0 atom stereocenters. The van der Waals surface area contributed by atoms with Gasteiger partial charge < -0.3 is 10.2 Å². The molecular formula is C14H17BrO3. The third kappa shape index (κ3) is 2.26. The van der Waals surface area contributed by atoms with Crippen LogP contribution in [-0.4, -0.2) is 16.2 Å². The number of carbonyl (C=O) groups is 1. The Balaban J connectivity index is 2.41. The Morgan fingerprint density at radius 1 is 1.44 bits per heavy atom. The van der Waals surface area contributed by atoms with Crippen molar-refractivity contribution in [2.45, 2.75) is 39.5 Å². The second kappa shape index (κ2) is 4.57. The molecule has 0 amide bonds. The monoisotopic (exact) mass is 312 g/mol. The van der Waals surface area contributed by atoms with Crippen LogP contribution in [0.2, 0.25) is 0 Å². The first-order chi connectivity index (χ1) is 8.33. The number of aliphatic carboxylic acids is 1. The molecule has 2 N–H and O–H groups in total. The summed E-state index contributed by atoms with van der Waals surface area (Å²) in [6, 6.07) is 1.97. The highest BCUT2D eigenvalue weighted by Crippen LogP contribution is 2.40. The lowest BCUT2D eigenvalue weighted by atomic mass is 9.85. The number of halogens is 1. The summed E-state index contributed by atoms with van der Waals surface area (Å²) in [4.78, 5) is 11.2. The van der Waals surface area contributed by atoms with Gasteiger partial charge in [-0.3, -0.25) is 4.79 Å². The molecule has 18 heavy (non-hydrogen) atoms. The van der Waals surface area contributed by atoms with Gasteiger partial charge in [0.05, 0.1) is 9.89 Å². The van der Waals surface area contributed by atoms with Crippen LogP contribution in [0.15, 0.2) is 10.5 Å². The largest absolute Gasteiger partial charge is 0.506 e. The van der Waals surface area contributed by atoms with Crippen LogP contribution in [0.5, 0.6) is 5.75 Å². The minimum Gasteiger partial charge on any atom is -0.506 e. The molecule has 2 rings (SSSR count). The molecule has 0 heterocycles. The molecule has 0 aromatic heterocycles. The molecule has 0 unspecified atom stereocenters. The molecular weight excluding hydrogens is 296 g/mol. The van der Waals surface area contributed by atoms with Gasteiger partial charge in [0.25, 0.3) is 0 Å². The molecule has 1 aliphatic carbocycles. The SMILES string of the molecule is CC(C)(Cc1cc2c(c(Br)c1O)CCC2)C(=O)O. The predicted octanol–water partition coefficient (Wildman–Crippen LogP) is 3.30. The fraction of sp³-hybridized carbons (Fsp3) is 0.500. The first kappa shape index (κ1) is 13.4. The van der Waals surface area contributed by atoms with Gasteiger partial charge in [0.1, 0.15) is 5.75 Å². The minimum atomic E-state index is -0.871. The molecule has 0 radical (unpaired) electrons. The number of benzene rings is 1. The molecule has 0 fully saturated rings. The van der Waals surface area contributed by atoms with Crippen molar-refractivity contribution in [2.75, 3.05) is 0 Å². The van der Waals surface area contributed by atoms with Crippen molar-refractivity contribution in [1.82, 2.24) is 0 Å². The first-order valence-corrected chi connectivity index (χ1v) is 6.87. The number of carboxylic acids is 1. The Hall–Kier alpha value is -1.03. The van der Waals surface area contributed by atoms with E-state index in [4.69, 9.17) is 5.11 Å². The zero-order chi connectivity index (χ0) is 13.5. The number of carboxylic acid groups (broad SMARTS) is 1. The van der Waals surface area contributed by atoms with Crippen LogP contribution in [0.25, 0.3) is 0 Å². The van der Waals surface area contributed by atoms with Crippen molar-refractivity contribution in [3.05, 3.63) is 27.2 Å². The maximum absolute atomic E-state index is 11.2. The summed E-state index contributed by atoms with van der Waals surface area (Å²) in [7, 11) is 0. The average Bonchev–Trinajstić information content (AvgIpc) is 2.73. The maximum atomic E-state index is 11.2. The van der Waals surface area contributed by atoms with E-state index in [1.807, 2.05) is 6.07 Å². The molecule has 1 aliphatic rings. The molecule has 0 saturated carbocycles. The van der Waals surface area contributed by atoms with Crippen molar-refractivity contribution < 1.29 is 15.0 Å². The van der Waals surface area contributed by atoms with E-state index in [0.29, 0.717) is 6.42 Å². The summed E-state index contributed by atoms with van der Waals surface area (Å²) in [5.74, 6) is -0.650. The fourth-order valence-corrected chi connectivity index (χ4v) is 3.13. The number of phenolic OH excluding ortho intramolecular Hbond substituents is 1. The molecule has 0 aliphatic heterocycles. The Bertz CT molecular complexity index is 506. The number of aromatic hydroxyl groups is 1. The molecule has 0 spiro atoms. The lowest BCUT2D eigenvalue weighted by Crippen LogP contribution is -2.26. The van der Waals surface area contributed by atoms with Crippen LogP contribution in [0.1, 0.15) is 37.0 Å². The molecule has 1 aromatic carbocycles. The molecule has 3 nitrogen and oxygen atoms in total. The molecule has 98 valence electrons. The second-order valence-electron chi connectivity index (χ2n) is 5.56. The van der Waals surface area contributed by atoms with Gasteiger partial charge in [0.15, 0.2) is 0 Å². The Morgan fingerprint density at radius 2 is 2.11 bits per heavy atom. The van der Waals surface area contributed by atoms with Gasteiger partial charge in [0, 0.05) is 0 Å². The van der Waals surface area contributed by atoms with Crippen molar-refractivity contribution in [3.8, 4) is 5.75 Å². The maximum Gasteiger partial charge on any atom is 0.309 e. The number of hydrogen-bond acceptors (Lipinski definition) is 2. The highest BCUT2D eigenvalue weighted by Gasteiger charge is 2.30.